The van der Waals surface area contributed by atoms with Crippen molar-refractivity contribution >= 4 is 34.9 Å². The van der Waals surface area contributed by atoms with Gasteiger partial charge in [-0.25, -0.2) is 0 Å². The average molecular weight is 314 g/mol. The molecule has 3 aromatic rings. The second-order valence-corrected chi connectivity index (χ2v) is 5.63. The molecular weight excluding hydrogens is 302 g/mol. The molecule has 0 atom stereocenters. The summed E-state index contributed by atoms with van der Waals surface area (Å²) in [4.78, 5) is 3.17. The molecule has 3 nitrogen and oxygen atoms in total. The lowest BCUT2D eigenvalue weighted by Crippen LogP contribution is -2.01. The van der Waals surface area contributed by atoms with E-state index in [-0.39, 0.29) is 0 Å². The zero-order chi connectivity index (χ0) is 14.8. The monoisotopic (exact) mass is 313 g/mol. The van der Waals surface area contributed by atoms with E-state index in [1.165, 1.54) is 5.56 Å². The molecule has 0 aliphatic rings. The van der Waals surface area contributed by atoms with E-state index < -0.39 is 0 Å². The van der Waals surface area contributed by atoms with Crippen molar-refractivity contribution in [3.8, 4) is 6.07 Å². The zero-order valence-electron chi connectivity index (χ0n) is 11.1. The van der Waals surface area contributed by atoms with Gasteiger partial charge in [0.15, 0.2) is 4.77 Å². The Bertz CT molecular complexity index is 885. The van der Waals surface area contributed by atoms with Crippen LogP contribution in [-0.2, 0) is 13.0 Å². The van der Waals surface area contributed by atoms with Crippen molar-refractivity contribution in [1.82, 2.24) is 9.55 Å². The third kappa shape index (κ3) is 2.85. The van der Waals surface area contributed by atoms with E-state index in [4.69, 9.17) is 29.1 Å². The largest absolute Gasteiger partial charge is 0.331 e. The number of rotatable bonds is 3. The summed E-state index contributed by atoms with van der Waals surface area (Å²) in [7, 11) is 0. The molecule has 104 valence electrons. The van der Waals surface area contributed by atoms with Crippen molar-refractivity contribution in [2.45, 2.75) is 13.0 Å². The summed E-state index contributed by atoms with van der Waals surface area (Å²) in [6.45, 7) is 0.759. The Labute approximate surface area is 132 Å². The lowest BCUT2D eigenvalue weighted by molar-refractivity contribution is 0.706. The van der Waals surface area contributed by atoms with E-state index in [2.05, 4.69) is 11.1 Å². The number of nitrogens with one attached hydrogen (secondary N) is 1. The van der Waals surface area contributed by atoms with Gasteiger partial charge in [0.2, 0.25) is 0 Å². The minimum atomic E-state index is 0.636. The molecule has 0 amide bonds. The summed E-state index contributed by atoms with van der Waals surface area (Å²) >= 11 is 11.3. The van der Waals surface area contributed by atoms with E-state index in [9.17, 15) is 0 Å². The smallest absolute Gasteiger partial charge is 0.178 e. The van der Waals surface area contributed by atoms with Crippen LogP contribution in [0.15, 0.2) is 42.5 Å². The average Bonchev–Trinajstić information content (AvgIpc) is 2.81. The van der Waals surface area contributed by atoms with Crippen LogP contribution in [0.25, 0.3) is 11.0 Å². The zero-order valence-corrected chi connectivity index (χ0v) is 12.7. The van der Waals surface area contributed by atoms with Gasteiger partial charge in [0, 0.05) is 11.6 Å². The molecule has 2 aromatic carbocycles. The standard InChI is InChI=1S/C16H12ClN3S/c17-13-4-1-11(2-5-13)7-8-20-15-9-12(10-18)3-6-14(15)19-16(20)21/h1-6,9H,7-8H2,(H,19,21). The number of H-pyrrole nitrogens is 1. The predicted octanol–water partition coefficient (Wildman–Crippen LogP) is 4.47. The molecule has 0 spiro atoms. The third-order valence-electron chi connectivity index (χ3n) is 3.44. The van der Waals surface area contributed by atoms with Crippen LogP contribution in [-0.4, -0.2) is 9.55 Å². The summed E-state index contributed by atoms with van der Waals surface area (Å²) in [6, 6.07) is 15.5. The molecule has 0 saturated carbocycles. The van der Waals surface area contributed by atoms with Gasteiger partial charge in [-0.05, 0) is 54.5 Å². The highest BCUT2D eigenvalue weighted by Crippen LogP contribution is 2.17. The van der Waals surface area contributed by atoms with Gasteiger partial charge >= 0.3 is 0 Å². The molecule has 0 saturated heterocycles. The highest BCUT2D eigenvalue weighted by Gasteiger charge is 2.06. The van der Waals surface area contributed by atoms with Gasteiger partial charge < -0.3 is 9.55 Å². The van der Waals surface area contributed by atoms with Crippen LogP contribution in [0.3, 0.4) is 0 Å². The first-order chi connectivity index (χ1) is 10.2. The first kappa shape index (κ1) is 13.9. The van der Waals surface area contributed by atoms with Crippen LogP contribution in [0.5, 0.6) is 0 Å². The number of nitriles is 1. The maximum absolute atomic E-state index is 9.02. The number of halogens is 1. The summed E-state index contributed by atoms with van der Waals surface area (Å²) in [5.41, 5.74) is 3.76. The Morgan fingerprint density at radius 2 is 1.95 bits per heavy atom. The summed E-state index contributed by atoms with van der Waals surface area (Å²) in [5, 5.41) is 9.76. The molecule has 5 heteroatoms. The Balaban J connectivity index is 1.93. The lowest BCUT2D eigenvalue weighted by atomic mass is 10.1. The Morgan fingerprint density at radius 3 is 2.67 bits per heavy atom. The second kappa shape index (κ2) is 5.72. The number of nitrogens with zero attached hydrogens (tertiary/aromatic N) is 2. The van der Waals surface area contributed by atoms with Crippen LogP contribution in [0.2, 0.25) is 5.02 Å². The maximum atomic E-state index is 9.02. The maximum Gasteiger partial charge on any atom is 0.178 e. The van der Waals surface area contributed by atoms with Gasteiger partial charge in [0.1, 0.15) is 0 Å². The fourth-order valence-corrected chi connectivity index (χ4v) is 2.76. The second-order valence-electron chi connectivity index (χ2n) is 4.80. The summed E-state index contributed by atoms with van der Waals surface area (Å²) in [6.07, 6.45) is 0.856. The predicted molar refractivity (Wildman–Crippen MR) is 87.0 cm³/mol. The first-order valence-electron chi connectivity index (χ1n) is 6.54. The molecule has 0 unspecified atom stereocenters. The molecule has 1 aromatic heterocycles. The van der Waals surface area contributed by atoms with E-state index in [0.29, 0.717) is 10.3 Å². The van der Waals surface area contributed by atoms with E-state index in [1.54, 1.807) is 6.07 Å². The van der Waals surface area contributed by atoms with E-state index >= 15 is 0 Å². The molecule has 1 N–H and O–H groups in total. The van der Waals surface area contributed by atoms with E-state index in [1.807, 2.05) is 41.0 Å². The number of benzene rings is 2. The molecule has 1 heterocycles. The SMILES string of the molecule is N#Cc1ccc2[nH]c(=S)n(CCc3ccc(Cl)cc3)c2c1. The van der Waals surface area contributed by atoms with Gasteiger partial charge in [0.05, 0.1) is 22.7 Å². The number of aryl methyl sites for hydroxylation is 2. The normalized spacial score (nSPS) is 10.7. The fourth-order valence-electron chi connectivity index (χ4n) is 2.34. The van der Waals surface area contributed by atoms with Crippen molar-refractivity contribution in [1.29, 1.82) is 5.26 Å². The quantitative estimate of drug-likeness (QED) is 0.725. The van der Waals surface area contributed by atoms with Crippen molar-refractivity contribution in [2.75, 3.05) is 0 Å². The van der Waals surface area contributed by atoms with Gasteiger partial charge in [-0.15, -0.1) is 0 Å². The molecule has 21 heavy (non-hydrogen) atoms. The molecule has 0 fully saturated rings. The number of hydrogen-bond acceptors (Lipinski definition) is 2. The van der Waals surface area contributed by atoms with Crippen molar-refractivity contribution in [2.24, 2.45) is 0 Å². The van der Waals surface area contributed by atoms with Crippen molar-refractivity contribution in [3.63, 3.8) is 0 Å². The molecule has 3 rings (SSSR count). The van der Waals surface area contributed by atoms with Gasteiger partial charge in [-0.3, -0.25) is 0 Å². The Hall–Kier alpha value is -2.09. The van der Waals surface area contributed by atoms with Gasteiger partial charge in [-0.2, -0.15) is 5.26 Å². The minimum absolute atomic E-state index is 0.636. The first-order valence-corrected chi connectivity index (χ1v) is 7.33. The van der Waals surface area contributed by atoms with Crippen LogP contribution < -0.4 is 0 Å². The molecular formula is C16H12ClN3S. The topological polar surface area (TPSA) is 44.5 Å². The Kier molecular flexibility index (Phi) is 3.78. The third-order valence-corrected chi connectivity index (χ3v) is 4.02. The number of imidazole rings is 1. The van der Waals surface area contributed by atoms with Gasteiger partial charge in [-0.1, -0.05) is 23.7 Å². The fraction of sp³-hybridized carbons (Fsp3) is 0.125. The van der Waals surface area contributed by atoms with Crippen molar-refractivity contribution in [3.05, 3.63) is 63.4 Å². The number of hydrogen-bond donors (Lipinski definition) is 1. The van der Waals surface area contributed by atoms with E-state index in [0.717, 1.165) is 29.0 Å². The lowest BCUT2D eigenvalue weighted by Gasteiger charge is -2.05. The molecule has 0 bridgehead atoms. The highest BCUT2D eigenvalue weighted by molar-refractivity contribution is 7.71. The van der Waals surface area contributed by atoms with Gasteiger partial charge in [0.25, 0.3) is 0 Å². The van der Waals surface area contributed by atoms with Crippen LogP contribution in [0.1, 0.15) is 11.1 Å². The van der Waals surface area contributed by atoms with Crippen LogP contribution in [0, 0.1) is 16.1 Å². The number of aromatic nitrogens is 2. The minimum Gasteiger partial charge on any atom is -0.331 e. The van der Waals surface area contributed by atoms with Crippen LogP contribution in [0.4, 0.5) is 0 Å². The summed E-state index contributed by atoms with van der Waals surface area (Å²) in [5.74, 6) is 0. The molecule has 0 aliphatic heterocycles. The highest BCUT2D eigenvalue weighted by atomic mass is 35.5. The van der Waals surface area contributed by atoms with Crippen molar-refractivity contribution < 1.29 is 0 Å². The van der Waals surface area contributed by atoms with Crippen LogP contribution >= 0.6 is 23.8 Å². The Morgan fingerprint density at radius 1 is 1.19 bits per heavy atom. The molecule has 0 radical (unpaired) electrons. The summed E-state index contributed by atoms with van der Waals surface area (Å²) < 4.78 is 2.70. The molecule has 0 aliphatic carbocycles. The number of aromatic amines is 1. The number of fused-ring (bicyclic) bond motifs is 1.